The van der Waals surface area contributed by atoms with Crippen LogP contribution in [0, 0.1) is 5.82 Å². The lowest BCUT2D eigenvalue weighted by Gasteiger charge is -1.99. The van der Waals surface area contributed by atoms with Crippen LogP contribution in [0.1, 0.15) is 30.0 Å². The first-order valence-electron chi connectivity index (χ1n) is 8.40. The fourth-order valence-corrected chi connectivity index (χ4v) is 2.33. The molecule has 4 rings (SSSR count). The number of nitrogens with two attached hydrogens (primary N) is 1. The molecule has 1 saturated carbocycles. The molecule has 5 N–H and O–H groups in total. The van der Waals surface area contributed by atoms with Gasteiger partial charge in [0.1, 0.15) is 11.6 Å². The zero-order valence-electron chi connectivity index (χ0n) is 14.2. The van der Waals surface area contributed by atoms with E-state index in [2.05, 4.69) is 25.5 Å². The van der Waals surface area contributed by atoms with Crippen LogP contribution in [0.25, 0.3) is 0 Å². The van der Waals surface area contributed by atoms with E-state index in [1.165, 1.54) is 30.7 Å². The Morgan fingerprint density at radius 2 is 2.00 bits per heavy atom. The number of nitrogens with zero attached hydrogens (tertiary/aromatic N) is 3. The van der Waals surface area contributed by atoms with Crippen molar-refractivity contribution in [3.05, 3.63) is 59.7 Å². The average molecular weight is 356 g/mol. The number of halogens is 1. The molecule has 26 heavy (non-hydrogen) atoms. The summed E-state index contributed by atoms with van der Waals surface area (Å²) in [5.41, 5.74) is 7.69. The molecule has 1 aromatic carbocycles. The quantitative estimate of drug-likeness (QED) is 0.559. The van der Waals surface area contributed by atoms with Gasteiger partial charge < -0.3 is 16.2 Å². The van der Waals surface area contributed by atoms with Crippen LogP contribution >= 0.6 is 0 Å². The maximum absolute atomic E-state index is 12.3. The molecule has 0 radical (unpaired) electrons. The van der Waals surface area contributed by atoms with Gasteiger partial charge in [-0.15, -0.1) is 0 Å². The van der Waals surface area contributed by atoms with Gasteiger partial charge >= 0.3 is 0 Å². The summed E-state index contributed by atoms with van der Waals surface area (Å²) >= 11 is 0. The van der Waals surface area contributed by atoms with Crippen molar-refractivity contribution in [3.8, 4) is 0 Å². The third-order valence-electron chi connectivity index (χ3n) is 3.85. The highest BCUT2D eigenvalue weighted by Crippen LogP contribution is 2.39. The monoisotopic (exact) mass is 356 g/mol. The second-order valence-corrected chi connectivity index (χ2v) is 6.01. The molecule has 0 aliphatic heterocycles. The summed E-state index contributed by atoms with van der Waals surface area (Å²) in [4.78, 5) is 8.09. The zero-order valence-corrected chi connectivity index (χ0v) is 14.2. The first kappa shape index (κ1) is 17.8. The highest BCUT2D eigenvalue weighted by Gasteiger charge is 2.25. The molecule has 0 amide bonds. The number of aromatic nitrogens is 4. The summed E-state index contributed by atoms with van der Waals surface area (Å²) in [6.07, 6.45) is 4.70. The van der Waals surface area contributed by atoms with E-state index in [0.29, 0.717) is 24.1 Å². The number of aliphatic hydroxyl groups excluding tert-OH is 1. The number of aromatic amines is 1. The Balaban J connectivity index is 0.000000170. The summed E-state index contributed by atoms with van der Waals surface area (Å²) in [7, 11) is 0. The molecule has 0 bridgehead atoms. The Morgan fingerprint density at radius 3 is 2.65 bits per heavy atom. The maximum atomic E-state index is 12.3. The molecule has 1 aliphatic carbocycles. The standard InChI is InChI=1S/C10H12N6.C8H9FO/c11-8-3-4-12-10(13-8)14-9-5-7(15-16-9)6-1-2-6;9-8-3-1-7(2-4-8)5-6-10/h3-6H,1-2H2,(H4,11,12,13,14,15,16);1-4,10H,5-6H2. The van der Waals surface area contributed by atoms with Crippen LogP contribution in [0.15, 0.2) is 42.6 Å². The van der Waals surface area contributed by atoms with E-state index >= 15 is 0 Å². The lowest BCUT2D eigenvalue weighted by Crippen LogP contribution is -1.99. The fourth-order valence-electron chi connectivity index (χ4n) is 2.33. The van der Waals surface area contributed by atoms with Gasteiger partial charge in [0.05, 0.1) is 0 Å². The van der Waals surface area contributed by atoms with Gasteiger partial charge in [-0.05, 0) is 43.0 Å². The van der Waals surface area contributed by atoms with Crippen molar-refractivity contribution < 1.29 is 9.50 Å². The van der Waals surface area contributed by atoms with Crippen molar-refractivity contribution in [1.82, 2.24) is 20.2 Å². The molecule has 0 unspecified atom stereocenters. The van der Waals surface area contributed by atoms with Crippen LogP contribution in [-0.2, 0) is 6.42 Å². The molecule has 8 heteroatoms. The molecule has 1 aliphatic rings. The molecule has 136 valence electrons. The van der Waals surface area contributed by atoms with Crippen LogP contribution in [0.2, 0.25) is 0 Å². The third-order valence-corrected chi connectivity index (χ3v) is 3.85. The summed E-state index contributed by atoms with van der Waals surface area (Å²) < 4.78 is 12.3. The highest BCUT2D eigenvalue weighted by atomic mass is 19.1. The minimum Gasteiger partial charge on any atom is -0.396 e. The highest BCUT2D eigenvalue weighted by molar-refractivity contribution is 5.50. The van der Waals surface area contributed by atoms with Gasteiger partial charge in [0.15, 0.2) is 5.82 Å². The van der Waals surface area contributed by atoms with Crippen molar-refractivity contribution in [1.29, 1.82) is 0 Å². The summed E-state index contributed by atoms with van der Waals surface area (Å²) in [5.74, 6) is 2.06. The van der Waals surface area contributed by atoms with Crippen LogP contribution in [0.3, 0.4) is 0 Å². The predicted octanol–water partition coefficient (Wildman–Crippen LogP) is 2.76. The average Bonchev–Trinajstić information content (AvgIpc) is 3.38. The van der Waals surface area contributed by atoms with E-state index in [-0.39, 0.29) is 12.4 Å². The van der Waals surface area contributed by atoms with Gasteiger partial charge in [0, 0.05) is 30.5 Å². The molecule has 3 aromatic rings. The van der Waals surface area contributed by atoms with Crippen molar-refractivity contribution in [2.45, 2.75) is 25.2 Å². The predicted molar refractivity (Wildman–Crippen MR) is 97.5 cm³/mol. The van der Waals surface area contributed by atoms with Gasteiger partial charge in [-0.2, -0.15) is 10.1 Å². The number of aliphatic hydroxyl groups is 1. The summed E-state index contributed by atoms with van der Waals surface area (Å²) in [5, 5.41) is 18.6. The van der Waals surface area contributed by atoms with Gasteiger partial charge in [-0.3, -0.25) is 5.10 Å². The molecule has 2 aromatic heterocycles. The largest absolute Gasteiger partial charge is 0.396 e. The molecule has 0 saturated heterocycles. The van der Waals surface area contributed by atoms with Gasteiger partial charge in [0.25, 0.3) is 0 Å². The molecule has 1 fully saturated rings. The Bertz CT molecular complexity index is 832. The number of nitrogen functional groups attached to an aromatic ring is 1. The first-order valence-corrected chi connectivity index (χ1v) is 8.40. The number of hydrogen-bond donors (Lipinski definition) is 4. The Hall–Kier alpha value is -3.00. The second-order valence-electron chi connectivity index (χ2n) is 6.01. The normalized spacial score (nSPS) is 13.0. The Kier molecular flexibility index (Phi) is 5.75. The maximum Gasteiger partial charge on any atom is 0.230 e. The van der Waals surface area contributed by atoms with Crippen molar-refractivity contribution in [2.24, 2.45) is 0 Å². The molecular weight excluding hydrogens is 335 g/mol. The summed E-state index contributed by atoms with van der Waals surface area (Å²) in [6.45, 7) is 0.117. The van der Waals surface area contributed by atoms with Crippen LogP contribution in [0.4, 0.5) is 22.0 Å². The van der Waals surface area contributed by atoms with Gasteiger partial charge in [-0.25, -0.2) is 9.37 Å². The van der Waals surface area contributed by atoms with Crippen molar-refractivity contribution in [3.63, 3.8) is 0 Å². The number of anilines is 3. The van der Waals surface area contributed by atoms with Gasteiger partial charge in [-0.1, -0.05) is 12.1 Å². The number of nitrogens with one attached hydrogen (secondary N) is 2. The smallest absolute Gasteiger partial charge is 0.230 e. The number of hydrogen-bond acceptors (Lipinski definition) is 6. The van der Waals surface area contributed by atoms with Gasteiger partial charge in [0.2, 0.25) is 5.95 Å². The minimum atomic E-state index is -0.235. The summed E-state index contributed by atoms with van der Waals surface area (Å²) in [6, 6.07) is 9.77. The second kappa shape index (κ2) is 8.39. The lowest BCUT2D eigenvalue weighted by molar-refractivity contribution is 0.299. The topological polar surface area (TPSA) is 113 Å². The number of H-pyrrole nitrogens is 1. The van der Waals surface area contributed by atoms with Crippen molar-refractivity contribution >= 4 is 17.6 Å². The number of benzene rings is 1. The first-order chi connectivity index (χ1) is 12.6. The van der Waals surface area contributed by atoms with E-state index in [1.807, 2.05) is 6.07 Å². The molecule has 2 heterocycles. The Labute approximate surface area is 150 Å². The van der Waals surface area contributed by atoms with E-state index in [9.17, 15) is 4.39 Å². The van der Waals surface area contributed by atoms with Crippen LogP contribution in [-0.4, -0.2) is 31.9 Å². The van der Waals surface area contributed by atoms with E-state index in [1.54, 1.807) is 24.4 Å². The molecule has 0 spiro atoms. The molecular formula is C18H21FN6O. The zero-order chi connectivity index (χ0) is 18.4. The van der Waals surface area contributed by atoms with E-state index in [4.69, 9.17) is 10.8 Å². The minimum absolute atomic E-state index is 0.117. The molecule has 0 atom stereocenters. The number of rotatable bonds is 5. The Morgan fingerprint density at radius 1 is 1.23 bits per heavy atom. The van der Waals surface area contributed by atoms with Crippen molar-refractivity contribution in [2.75, 3.05) is 17.7 Å². The fraction of sp³-hybridized carbons (Fsp3) is 0.278. The molecule has 7 nitrogen and oxygen atoms in total. The van der Waals surface area contributed by atoms with Crippen LogP contribution < -0.4 is 11.1 Å². The van der Waals surface area contributed by atoms with E-state index < -0.39 is 0 Å². The van der Waals surface area contributed by atoms with Crippen LogP contribution in [0.5, 0.6) is 0 Å². The van der Waals surface area contributed by atoms with E-state index in [0.717, 1.165) is 11.4 Å². The lowest BCUT2D eigenvalue weighted by atomic mass is 10.2. The third kappa shape index (κ3) is 5.25. The SMILES string of the molecule is Nc1ccnc(Nc2cc(C3CC3)[nH]n2)n1.OCCc1ccc(F)cc1.